The van der Waals surface area contributed by atoms with Crippen LogP contribution < -0.4 is 11.3 Å². The van der Waals surface area contributed by atoms with Crippen molar-refractivity contribution < 1.29 is 13.5 Å². The first kappa shape index (κ1) is 18.1. The number of halogens is 1. The van der Waals surface area contributed by atoms with Crippen LogP contribution in [0.25, 0.3) is 21.9 Å². The number of nitriles is 1. The van der Waals surface area contributed by atoms with Gasteiger partial charge < -0.3 is 10.9 Å². The van der Waals surface area contributed by atoms with Crippen molar-refractivity contribution in [2.24, 2.45) is 0 Å². The van der Waals surface area contributed by atoms with Crippen LogP contribution in [0.3, 0.4) is 0 Å². The molecular weight excluding hydrogens is 499 g/mol. The van der Waals surface area contributed by atoms with E-state index in [0.29, 0.717) is 4.09 Å². The Hall–Kier alpha value is -3.25. The zero-order valence-electron chi connectivity index (χ0n) is 13.7. The van der Waals surface area contributed by atoms with Crippen LogP contribution in [0.2, 0.25) is 0 Å². The van der Waals surface area contributed by atoms with Gasteiger partial charge in [-0.15, -0.1) is 9.19 Å². The van der Waals surface area contributed by atoms with E-state index in [-0.39, 0.29) is 47.3 Å². The van der Waals surface area contributed by atoms with Crippen molar-refractivity contribution in [1.29, 1.82) is 10.7 Å². The zero-order valence-corrected chi connectivity index (χ0v) is 16.7. The number of rotatable bonds is 2. The smallest absolute Gasteiger partial charge is 0.285 e. The molecule has 0 saturated carbocycles. The van der Waals surface area contributed by atoms with Crippen LogP contribution >= 0.6 is 22.6 Å². The molecule has 0 bridgehead atoms. The van der Waals surface area contributed by atoms with Crippen LogP contribution in [0.15, 0.2) is 35.6 Å². The highest BCUT2D eigenvalue weighted by atomic mass is 127. The Balaban J connectivity index is 2.14. The highest BCUT2D eigenvalue weighted by Crippen LogP contribution is 2.34. The molecule has 28 heavy (non-hydrogen) atoms. The molecule has 11 nitrogen and oxygen atoms in total. The Morgan fingerprint density at radius 3 is 2.82 bits per heavy atom. The number of nitrogens with zero attached hydrogens (tertiary/aromatic N) is 6. The second kappa shape index (κ2) is 6.14. The number of hydrogen-bond donors (Lipinski definition) is 3. The van der Waals surface area contributed by atoms with E-state index in [1.165, 1.54) is 24.4 Å². The number of nitrogens with one attached hydrogen (secondary N) is 1. The van der Waals surface area contributed by atoms with Crippen LogP contribution in [-0.4, -0.2) is 37.4 Å². The molecule has 0 aliphatic rings. The molecule has 0 aliphatic heterocycles. The van der Waals surface area contributed by atoms with Crippen LogP contribution in [0.4, 0.5) is 0 Å². The van der Waals surface area contributed by atoms with Gasteiger partial charge in [0, 0.05) is 11.6 Å². The molecule has 0 fully saturated rings. The number of pyridine rings is 1. The average molecular weight is 508 g/mol. The van der Waals surface area contributed by atoms with Gasteiger partial charge in [-0.25, -0.2) is 9.66 Å². The maximum Gasteiger partial charge on any atom is 0.285 e. The zero-order chi connectivity index (χ0) is 20.2. The monoisotopic (exact) mass is 508 g/mol. The molecule has 140 valence electrons. The first-order chi connectivity index (χ1) is 13.3. The van der Waals surface area contributed by atoms with Crippen LogP contribution in [0, 0.1) is 20.3 Å². The highest BCUT2D eigenvalue weighted by molar-refractivity contribution is 14.1. The third-order valence-electron chi connectivity index (χ3n) is 4.02. The second-order valence-corrected chi connectivity index (χ2v) is 8.51. The standard InChI is InChI=1S/C15H9IN8O3S/c16-8-4-10(7-2-1-3-20-12(7)13(8)25)28(26,27)24-15-11(9(5-17)22-24)14(18)23(19)6-21-15/h1-4,6,18,25H,19H2. The summed E-state index contributed by atoms with van der Waals surface area (Å²) in [6.45, 7) is 0. The summed E-state index contributed by atoms with van der Waals surface area (Å²) in [5, 5.41) is 31.5. The molecule has 0 atom stereocenters. The molecule has 3 heterocycles. The molecular formula is C15H9IN8O3S. The SMILES string of the molecule is N#Cc1nn(S(=O)(=O)c2cc(I)c(O)c3ncccc23)c2ncn(N)c(=N)c12. The van der Waals surface area contributed by atoms with E-state index in [4.69, 9.17) is 11.3 Å². The van der Waals surface area contributed by atoms with Gasteiger partial charge in [-0.3, -0.25) is 10.4 Å². The fraction of sp³-hybridized carbons (Fsp3) is 0. The molecule has 4 N–H and O–H groups in total. The second-order valence-electron chi connectivity index (χ2n) is 5.61. The molecule has 13 heteroatoms. The lowest BCUT2D eigenvalue weighted by atomic mass is 10.2. The third-order valence-corrected chi connectivity index (χ3v) is 6.45. The van der Waals surface area contributed by atoms with E-state index < -0.39 is 10.0 Å². The Labute approximate surface area is 170 Å². The molecule has 4 aromatic rings. The summed E-state index contributed by atoms with van der Waals surface area (Å²) in [5.74, 6) is 5.44. The van der Waals surface area contributed by atoms with Gasteiger partial charge in [-0.05, 0) is 40.8 Å². The van der Waals surface area contributed by atoms with Gasteiger partial charge in [0.15, 0.2) is 22.6 Å². The van der Waals surface area contributed by atoms with Crippen molar-refractivity contribution in [2.45, 2.75) is 4.90 Å². The van der Waals surface area contributed by atoms with Gasteiger partial charge in [0.25, 0.3) is 10.0 Å². The number of benzene rings is 1. The fourth-order valence-corrected chi connectivity index (χ4v) is 4.97. The summed E-state index contributed by atoms with van der Waals surface area (Å²) in [5.41, 5.74) is -0.705. The van der Waals surface area contributed by atoms with Gasteiger partial charge in [0.2, 0.25) is 0 Å². The molecule has 0 amide bonds. The molecule has 0 saturated heterocycles. The van der Waals surface area contributed by atoms with Crippen molar-refractivity contribution in [1.82, 2.24) is 23.8 Å². The largest absolute Gasteiger partial charge is 0.505 e. The van der Waals surface area contributed by atoms with E-state index in [1.54, 1.807) is 28.7 Å². The van der Waals surface area contributed by atoms with Crippen LogP contribution in [-0.2, 0) is 10.0 Å². The van der Waals surface area contributed by atoms with Crippen LogP contribution in [0.1, 0.15) is 5.69 Å². The molecule has 0 aliphatic carbocycles. The quantitative estimate of drug-likeness (QED) is 0.257. The minimum atomic E-state index is -4.35. The lowest BCUT2D eigenvalue weighted by Gasteiger charge is -2.11. The number of phenolic OH excluding ortho intramolecular Hbond substituents is 1. The number of phenols is 1. The Morgan fingerprint density at radius 1 is 1.36 bits per heavy atom. The number of fused-ring (bicyclic) bond motifs is 2. The van der Waals surface area contributed by atoms with E-state index >= 15 is 0 Å². The highest BCUT2D eigenvalue weighted by Gasteiger charge is 2.28. The van der Waals surface area contributed by atoms with Gasteiger partial charge >= 0.3 is 0 Å². The molecule has 0 spiro atoms. The summed E-state index contributed by atoms with van der Waals surface area (Å²) < 4.78 is 28.5. The topological polar surface area (TPSA) is 177 Å². The summed E-state index contributed by atoms with van der Waals surface area (Å²) in [6, 6.07) is 6.07. The molecule has 0 unspecified atom stereocenters. The number of hydrogen-bond acceptors (Lipinski definition) is 9. The van der Waals surface area contributed by atoms with Gasteiger partial charge in [-0.1, -0.05) is 0 Å². The Bertz CT molecular complexity index is 1500. The first-order valence-electron chi connectivity index (χ1n) is 7.49. The lowest BCUT2D eigenvalue weighted by molar-refractivity contribution is 0.476. The first-order valence-corrected chi connectivity index (χ1v) is 10.0. The summed E-state index contributed by atoms with van der Waals surface area (Å²) >= 11 is 1.80. The van der Waals surface area contributed by atoms with Crippen molar-refractivity contribution in [3.05, 3.63) is 45.5 Å². The summed E-state index contributed by atoms with van der Waals surface area (Å²) in [4.78, 5) is 7.82. The Kier molecular flexibility index (Phi) is 3.97. The predicted molar refractivity (Wildman–Crippen MR) is 105 cm³/mol. The maximum atomic E-state index is 13.4. The lowest BCUT2D eigenvalue weighted by Crippen LogP contribution is -2.28. The minimum absolute atomic E-state index is 0.0908. The van der Waals surface area contributed by atoms with E-state index in [9.17, 15) is 18.8 Å². The van der Waals surface area contributed by atoms with Gasteiger partial charge in [0.05, 0.1) is 3.57 Å². The Morgan fingerprint density at radius 2 is 2.11 bits per heavy atom. The van der Waals surface area contributed by atoms with Crippen molar-refractivity contribution in [3.8, 4) is 11.8 Å². The normalized spacial score (nSPS) is 11.7. The summed E-state index contributed by atoms with van der Waals surface area (Å²) in [6.07, 6.45) is 2.49. The van der Waals surface area contributed by atoms with E-state index in [1.807, 2.05) is 0 Å². The van der Waals surface area contributed by atoms with Crippen molar-refractivity contribution in [2.75, 3.05) is 5.84 Å². The maximum absolute atomic E-state index is 13.4. The number of nitrogen functional groups attached to an aromatic ring is 1. The molecule has 1 aromatic carbocycles. The predicted octanol–water partition coefficient (Wildman–Crippen LogP) is 0.393. The number of nitrogens with two attached hydrogens (primary N) is 1. The third kappa shape index (κ3) is 2.42. The van der Waals surface area contributed by atoms with Crippen molar-refractivity contribution in [3.63, 3.8) is 0 Å². The number of aromatic nitrogens is 5. The van der Waals surface area contributed by atoms with Crippen LogP contribution in [0.5, 0.6) is 5.75 Å². The van der Waals surface area contributed by atoms with Crippen molar-refractivity contribution >= 4 is 54.6 Å². The molecule has 3 aromatic heterocycles. The average Bonchev–Trinajstić information content (AvgIpc) is 3.07. The number of aromatic hydroxyl groups is 1. The van der Waals surface area contributed by atoms with E-state index in [2.05, 4.69) is 15.1 Å². The fourth-order valence-electron chi connectivity index (χ4n) is 2.75. The summed E-state index contributed by atoms with van der Waals surface area (Å²) in [7, 11) is -4.35. The molecule has 4 rings (SSSR count). The van der Waals surface area contributed by atoms with Gasteiger partial charge in [0.1, 0.15) is 28.2 Å². The van der Waals surface area contributed by atoms with E-state index in [0.717, 1.165) is 11.0 Å². The van der Waals surface area contributed by atoms with Gasteiger partial charge in [-0.2, -0.15) is 13.7 Å². The minimum Gasteiger partial charge on any atom is -0.505 e. The molecule has 0 radical (unpaired) electrons.